The Kier molecular flexibility index (Phi) is 7.13. The van der Waals surface area contributed by atoms with Crippen LogP contribution in [-0.2, 0) is 0 Å². The standard InChI is InChI=1S/C44H30N4O/c1-4-11-29(12-5-1)30-19-22-33(23-20-30)42-46-41(32-13-6-2-7-14-32)47-43(48-42)37-18-10-17-35(27-37)36-24-21-31-25-26-39-40(38(31)28-36)49-44(45-39)34-15-8-3-9-16-34/h1-28,44-45H. The average Bonchev–Trinajstić information content (AvgIpc) is 3.64. The molecule has 1 unspecified atom stereocenters. The summed E-state index contributed by atoms with van der Waals surface area (Å²) in [4.78, 5) is 14.9. The zero-order chi connectivity index (χ0) is 32.6. The molecule has 8 aromatic rings. The number of anilines is 1. The number of benzene rings is 7. The van der Waals surface area contributed by atoms with Crippen LogP contribution in [0.2, 0.25) is 0 Å². The van der Waals surface area contributed by atoms with Gasteiger partial charge >= 0.3 is 0 Å². The van der Waals surface area contributed by atoms with E-state index in [2.05, 4.69) is 121 Å². The number of nitrogens with one attached hydrogen (secondary N) is 1. The van der Waals surface area contributed by atoms with Crippen molar-refractivity contribution in [2.24, 2.45) is 0 Å². The van der Waals surface area contributed by atoms with Crippen LogP contribution in [-0.4, -0.2) is 15.0 Å². The molecule has 0 amide bonds. The van der Waals surface area contributed by atoms with Gasteiger partial charge in [-0.05, 0) is 45.8 Å². The summed E-state index contributed by atoms with van der Waals surface area (Å²) in [5.41, 5.74) is 9.35. The number of ether oxygens (including phenoxy) is 1. The quantitative estimate of drug-likeness (QED) is 0.198. The predicted octanol–water partition coefficient (Wildman–Crippen LogP) is 10.9. The van der Waals surface area contributed by atoms with E-state index >= 15 is 0 Å². The van der Waals surface area contributed by atoms with Crippen LogP contribution < -0.4 is 10.1 Å². The molecule has 1 aromatic heterocycles. The minimum absolute atomic E-state index is 0.222. The summed E-state index contributed by atoms with van der Waals surface area (Å²) in [6.45, 7) is 0. The normalized spacial score (nSPS) is 13.4. The Morgan fingerprint density at radius 3 is 1.61 bits per heavy atom. The molecule has 0 fully saturated rings. The number of hydrogen-bond donors (Lipinski definition) is 1. The van der Waals surface area contributed by atoms with E-state index in [0.717, 1.165) is 61.2 Å². The first-order valence-electron chi connectivity index (χ1n) is 16.4. The van der Waals surface area contributed by atoms with Gasteiger partial charge in [-0.1, -0.05) is 152 Å². The lowest BCUT2D eigenvalue weighted by Crippen LogP contribution is -2.09. The predicted molar refractivity (Wildman–Crippen MR) is 198 cm³/mol. The fourth-order valence-electron chi connectivity index (χ4n) is 6.41. The zero-order valence-electron chi connectivity index (χ0n) is 26.5. The van der Waals surface area contributed by atoms with Crippen molar-refractivity contribution in [3.63, 3.8) is 0 Å². The number of hydrogen-bond acceptors (Lipinski definition) is 5. The molecule has 49 heavy (non-hydrogen) atoms. The first-order chi connectivity index (χ1) is 24.2. The molecule has 232 valence electrons. The fraction of sp³-hybridized carbons (Fsp3) is 0.0227. The number of aromatic nitrogens is 3. The fourth-order valence-corrected chi connectivity index (χ4v) is 6.41. The molecular formula is C44H30N4O. The smallest absolute Gasteiger partial charge is 0.196 e. The largest absolute Gasteiger partial charge is 0.464 e. The van der Waals surface area contributed by atoms with E-state index in [1.54, 1.807) is 0 Å². The van der Waals surface area contributed by atoms with Crippen LogP contribution in [0.3, 0.4) is 0 Å². The van der Waals surface area contributed by atoms with Gasteiger partial charge in [-0.25, -0.2) is 15.0 Å². The molecule has 0 saturated carbocycles. The van der Waals surface area contributed by atoms with Gasteiger partial charge in [0.25, 0.3) is 0 Å². The van der Waals surface area contributed by atoms with E-state index in [1.807, 2.05) is 54.6 Å². The van der Waals surface area contributed by atoms with Crippen LogP contribution in [0.1, 0.15) is 11.8 Å². The topological polar surface area (TPSA) is 59.9 Å². The van der Waals surface area contributed by atoms with Crippen LogP contribution in [0.15, 0.2) is 170 Å². The highest BCUT2D eigenvalue weighted by atomic mass is 16.5. The van der Waals surface area contributed by atoms with Gasteiger partial charge in [-0.15, -0.1) is 0 Å². The summed E-state index contributed by atoms with van der Waals surface area (Å²) < 4.78 is 6.49. The van der Waals surface area contributed by atoms with Crippen LogP contribution in [0.5, 0.6) is 5.75 Å². The van der Waals surface area contributed by atoms with Crippen molar-refractivity contribution in [1.29, 1.82) is 0 Å². The SMILES string of the molecule is c1ccc(-c2ccc(-c3nc(-c4ccccc4)nc(-c4cccc(-c5ccc6ccc7c(c6c5)OC(c5ccccc5)N7)c4)n3)cc2)cc1. The average molecular weight is 631 g/mol. The van der Waals surface area contributed by atoms with Gasteiger partial charge in [0.2, 0.25) is 0 Å². The van der Waals surface area contributed by atoms with Crippen molar-refractivity contribution in [2.75, 3.05) is 5.32 Å². The van der Waals surface area contributed by atoms with Crippen LogP contribution in [0, 0.1) is 0 Å². The molecule has 1 aliphatic heterocycles. The lowest BCUT2D eigenvalue weighted by molar-refractivity contribution is 0.262. The van der Waals surface area contributed by atoms with Crippen molar-refractivity contribution in [3.8, 4) is 62.2 Å². The first-order valence-corrected chi connectivity index (χ1v) is 16.4. The highest BCUT2D eigenvalue weighted by molar-refractivity contribution is 5.97. The molecule has 1 aliphatic rings. The van der Waals surface area contributed by atoms with Gasteiger partial charge < -0.3 is 10.1 Å². The van der Waals surface area contributed by atoms with Gasteiger partial charge in [0, 0.05) is 27.6 Å². The first kappa shape index (κ1) is 28.6. The summed E-state index contributed by atoms with van der Waals surface area (Å²) in [7, 11) is 0. The van der Waals surface area contributed by atoms with Crippen molar-refractivity contribution < 1.29 is 4.74 Å². The second-order valence-electron chi connectivity index (χ2n) is 12.1. The molecule has 0 bridgehead atoms. The summed E-state index contributed by atoms with van der Waals surface area (Å²) in [6.07, 6.45) is -0.222. The van der Waals surface area contributed by atoms with Crippen molar-refractivity contribution in [2.45, 2.75) is 6.23 Å². The molecule has 0 aliphatic carbocycles. The third kappa shape index (κ3) is 5.57. The number of fused-ring (bicyclic) bond motifs is 3. The summed E-state index contributed by atoms with van der Waals surface area (Å²) in [6, 6.07) is 58.3. The van der Waals surface area contributed by atoms with Crippen molar-refractivity contribution in [3.05, 3.63) is 175 Å². The molecule has 5 nitrogen and oxygen atoms in total. The van der Waals surface area contributed by atoms with Crippen LogP contribution >= 0.6 is 0 Å². The lowest BCUT2D eigenvalue weighted by Gasteiger charge is -2.12. The molecule has 1 N–H and O–H groups in total. The summed E-state index contributed by atoms with van der Waals surface area (Å²) in [5, 5.41) is 5.73. The third-order valence-corrected chi connectivity index (χ3v) is 8.97. The molecule has 7 aromatic carbocycles. The summed E-state index contributed by atoms with van der Waals surface area (Å²) >= 11 is 0. The Balaban J connectivity index is 1.10. The Hall–Kier alpha value is -6.59. The second-order valence-corrected chi connectivity index (χ2v) is 12.1. The molecule has 0 saturated heterocycles. The van der Waals surface area contributed by atoms with E-state index < -0.39 is 0 Å². The molecule has 9 rings (SSSR count). The monoisotopic (exact) mass is 630 g/mol. The van der Waals surface area contributed by atoms with E-state index in [4.69, 9.17) is 19.7 Å². The van der Waals surface area contributed by atoms with Gasteiger partial charge in [0.15, 0.2) is 29.5 Å². The van der Waals surface area contributed by atoms with E-state index in [0.29, 0.717) is 17.5 Å². The highest BCUT2D eigenvalue weighted by Crippen LogP contribution is 2.44. The van der Waals surface area contributed by atoms with E-state index in [-0.39, 0.29) is 6.23 Å². The molecule has 0 spiro atoms. The second kappa shape index (κ2) is 12.2. The maximum absolute atomic E-state index is 6.49. The van der Waals surface area contributed by atoms with Crippen LogP contribution in [0.4, 0.5) is 5.69 Å². The molecule has 2 heterocycles. The van der Waals surface area contributed by atoms with Crippen molar-refractivity contribution in [1.82, 2.24) is 15.0 Å². The van der Waals surface area contributed by atoms with Gasteiger partial charge in [0.05, 0.1) is 5.69 Å². The Morgan fingerprint density at radius 1 is 0.408 bits per heavy atom. The Labute approximate surface area is 284 Å². The molecular weight excluding hydrogens is 601 g/mol. The maximum atomic E-state index is 6.49. The minimum Gasteiger partial charge on any atom is -0.464 e. The van der Waals surface area contributed by atoms with E-state index in [9.17, 15) is 0 Å². The minimum atomic E-state index is -0.222. The molecule has 1 atom stereocenters. The van der Waals surface area contributed by atoms with Gasteiger partial charge in [-0.3, -0.25) is 0 Å². The third-order valence-electron chi connectivity index (χ3n) is 8.97. The Bertz CT molecular complexity index is 2430. The van der Waals surface area contributed by atoms with Crippen LogP contribution in [0.25, 0.3) is 67.2 Å². The number of nitrogens with zero attached hydrogens (tertiary/aromatic N) is 3. The van der Waals surface area contributed by atoms with Crippen molar-refractivity contribution >= 4 is 16.5 Å². The highest BCUT2D eigenvalue weighted by Gasteiger charge is 2.25. The number of rotatable bonds is 6. The summed E-state index contributed by atoms with van der Waals surface area (Å²) in [5.74, 6) is 2.76. The van der Waals surface area contributed by atoms with Gasteiger partial charge in [0.1, 0.15) is 0 Å². The molecule has 5 heteroatoms. The zero-order valence-corrected chi connectivity index (χ0v) is 26.5. The van der Waals surface area contributed by atoms with Gasteiger partial charge in [-0.2, -0.15) is 0 Å². The lowest BCUT2D eigenvalue weighted by atomic mass is 9.98. The Morgan fingerprint density at radius 2 is 0.898 bits per heavy atom. The maximum Gasteiger partial charge on any atom is 0.196 e. The van der Waals surface area contributed by atoms with E-state index in [1.165, 1.54) is 5.56 Å². The molecule has 0 radical (unpaired) electrons.